The molecule has 0 atom stereocenters. The van der Waals surface area contributed by atoms with Gasteiger partial charge in [0.25, 0.3) is 5.91 Å². The Morgan fingerprint density at radius 1 is 1.07 bits per heavy atom. The summed E-state index contributed by atoms with van der Waals surface area (Å²) in [5, 5.41) is 0. The summed E-state index contributed by atoms with van der Waals surface area (Å²) >= 11 is 0. The molecular weight excluding hydrogens is 336 g/mol. The van der Waals surface area contributed by atoms with Gasteiger partial charge in [0.1, 0.15) is 11.2 Å². The highest BCUT2D eigenvalue weighted by molar-refractivity contribution is 5.79. The number of hydrogen-bond acceptors (Lipinski definition) is 2. The number of ether oxygens (including phenoxy) is 1. The van der Waals surface area contributed by atoms with Crippen molar-refractivity contribution < 1.29 is 9.53 Å². The first-order valence-electron chi connectivity index (χ1n) is 9.20. The molecule has 4 rings (SSSR count). The molecule has 1 aromatic heterocycles. The van der Waals surface area contributed by atoms with E-state index < -0.39 is 0 Å². The number of hydrogen-bond donors (Lipinski definition) is 0. The van der Waals surface area contributed by atoms with Crippen LogP contribution in [0.4, 0.5) is 0 Å². The lowest BCUT2D eigenvalue weighted by atomic mass is 10.1. The van der Waals surface area contributed by atoms with Crippen LogP contribution >= 0.6 is 0 Å². The molecule has 0 N–H and O–H groups in total. The van der Waals surface area contributed by atoms with E-state index in [0.29, 0.717) is 18.5 Å². The summed E-state index contributed by atoms with van der Waals surface area (Å²) in [4.78, 5) is 16.9. The van der Waals surface area contributed by atoms with Gasteiger partial charge in [0.2, 0.25) is 0 Å². The zero-order valence-electron chi connectivity index (χ0n) is 15.4. The van der Waals surface area contributed by atoms with Crippen LogP contribution in [0.5, 0.6) is 5.75 Å². The second-order valence-corrected chi connectivity index (χ2v) is 6.90. The number of benzene rings is 2. The maximum atomic E-state index is 12.5. The van der Waals surface area contributed by atoms with Crippen LogP contribution in [-0.4, -0.2) is 17.1 Å². The number of rotatable bonds is 4. The van der Waals surface area contributed by atoms with E-state index in [0.717, 1.165) is 24.3 Å². The molecular formula is C23H22N2O2. The highest BCUT2D eigenvalue weighted by Crippen LogP contribution is 2.26. The standard InChI is InChI=1S/C23H22N2O2/c1-17-5-7-18(8-6-17)16-25-12-3-2-4-22(25)24-23(26)15-19-9-10-21-20(14-19)11-13-27-21/h2-10,12,14H,11,13,15-16H2,1H3. The van der Waals surface area contributed by atoms with Gasteiger partial charge in [0, 0.05) is 19.2 Å². The minimum absolute atomic E-state index is 0.141. The molecule has 0 bridgehead atoms. The van der Waals surface area contributed by atoms with Gasteiger partial charge in [-0.3, -0.25) is 4.79 Å². The highest BCUT2D eigenvalue weighted by atomic mass is 16.5. The maximum absolute atomic E-state index is 12.5. The predicted octanol–water partition coefficient (Wildman–Crippen LogP) is 3.45. The molecule has 0 radical (unpaired) electrons. The Hall–Kier alpha value is -3.14. The maximum Gasteiger partial charge on any atom is 0.252 e. The van der Waals surface area contributed by atoms with Crippen molar-refractivity contribution in [2.75, 3.05) is 6.61 Å². The van der Waals surface area contributed by atoms with E-state index in [-0.39, 0.29) is 5.91 Å². The first-order valence-corrected chi connectivity index (χ1v) is 9.20. The molecule has 2 aromatic carbocycles. The average Bonchev–Trinajstić information content (AvgIpc) is 3.13. The Labute approximate surface area is 158 Å². The largest absolute Gasteiger partial charge is 0.493 e. The molecule has 0 saturated carbocycles. The van der Waals surface area contributed by atoms with Crippen molar-refractivity contribution in [1.82, 2.24) is 4.57 Å². The number of carbonyl (C=O) groups is 1. The Bertz CT molecular complexity index is 1030. The van der Waals surface area contributed by atoms with Crippen LogP contribution in [-0.2, 0) is 24.2 Å². The second kappa shape index (κ2) is 7.62. The van der Waals surface area contributed by atoms with E-state index in [9.17, 15) is 4.79 Å². The summed E-state index contributed by atoms with van der Waals surface area (Å²) in [7, 11) is 0. The summed E-state index contributed by atoms with van der Waals surface area (Å²) < 4.78 is 7.52. The third kappa shape index (κ3) is 4.17. The van der Waals surface area contributed by atoms with Gasteiger partial charge in [0.15, 0.2) is 0 Å². The number of aromatic nitrogens is 1. The van der Waals surface area contributed by atoms with Gasteiger partial charge in [-0.1, -0.05) is 48.0 Å². The van der Waals surface area contributed by atoms with Gasteiger partial charge in [-0.25, -0.2) is 0 Å². The summed E-state index contributed by atoms with van der Waals surface area (Å²) in [6.07, 6.45) is 3.16. The molecule has 136 valence electrons. The van der Waals surface area contributed by atoms with E-state index in [1.807, 2.05) is 41.1 Å². The third-order valence-electron chi connectivity index (χ3n) is 4.74. The number of amides is 1. The molecule has 2 heterocycles. The monoisotopic (exact) mass is 358 g/mol. The summed E-state index contributed by atoms with van der Waals surface area (Å²) in [5.74, 6) is 0.792. The van der Waals surface area contributed by atoms with E-state index in [1.165, 1.54) is 16.7 Å². The number of aryl methyl sites for hydroxylation is 1. The molecule has 4 heteroatoms. The fourth-order valence-corrected chi connectivity index (χ4v) is 3.28. The van der Waals surface area contributed by atoms with Crippen molar-refractivity contribution in [2.45, 2.75) is 26.3 Å². The van der Waals surface area contributed by atoms with Crippen LogP contribution in [0.1, 0.15) is 22.3 Å². The van der Waals surface area contributed by atoms with Crippen LogP contribution in [0, 0.1) is 6.92 Å². The van der Waals surface area contributed by atoms with Crippen molar-refractivity contribution in [1.29, 1.82) is 0 Å². The van der Waals surface area contributed by atoms with Gasteiger partial charge in [0.05, 0.1) is 13.0 Å². The van der Waals surface area contributed by atoms with Crippen molar-refractivity contribution in [3.05, 3.63) is 94.6 Å². The van der Waals surface area contributed by atoms with Gasteiger partial charge in [-0.15, -0.1) is 0 Å². The van der Waals surface area contributed by atoms with Crippen LogP contribution in [0.3, 0.4) is 0 Å². The SMILES string of the molecule is Cc1ccc(Cn2ccccc2=NC(=O)Cc2ccc3c(c2)CCO3)cc1. The average molecular weight is 358 g/mol. The third-order valence-corrected chi connectivity index (χ3v) is 4.74. The van der Waals surface area contributed by atoms with Gasteiger partial charge >= 0.3 is 0 Å². The fraction of sp³-hybridized carbons (Fsp3) is 0.217. The van der Waals surface area contributed by atoms with Crippen LogP contribution in [0.25, 0.3) is 0 Å². The van der Waals surface area contributed by atoms with Gasteiger partial charge in [-0.05, 0) is 41.8 Å². The molecule has 0 saturated heterocycles. The zero-order chi connectivity index (χ0) is 18.6. The van der Waals surface area contributed by atoms with Crippen LogP contribution in [0.15, 0.2) is 71.9 Å². The first kappa shape index (κ1) is 17.3. The molecule has 1 amide bonds. The second-order valence-electron chi connectivity index (χ2n) is 6.90. The summed E-state index contributed by atoms with van der Waals surface area (Å²) in [6.45, 7) is 3.48. The van der Waals surface area contributed by atoms with Gasteiger partial charge in [-0.2, -0.15) is 4.99 Å². The molecule has 0 aliphatic carbocycles. The Morgan fingerprint density at radius 3 is 2.74 bits per heavy atom. The zero-order valence-corrected chi connectivity index (χ0v) is 15.4. The van der Waals surface area contributed by atoms with Gasteiger partial charge < -0.3 is 9.30 Å². The molecule has 3 aromatic rings. The van der Waals surface area contributed by atoms with Crippen molar-refractivity contribution in [2.24, 2.45) is 4.99 Å². The number of carbonyl (C=O) groups excluding carboxylic acids is 1. The summed E-state index contributed by atoms with van der Waals surface area (Å²) in [6, 6.07) is 20.1. The minimum Gasteiger partial charge on any atom is -0.493 e. The topological polar surface area (TPSA) is 43.6 Å². The first-order chi connectivity index (χ1) is 13.2. The molecule has 27 heavy (non-hydrogen) atoms. The summed E-state index contributed by atoms with van der Waals surface area (Å²) in [5.41, 5.74) is 5.24. The van der Waals surface area contributed by atoms with E-state index in [1.54, 1.807) is 0 Å². The van der Waals surface area contributed by atoms with E-state index in [4.69, 9.17) is 4.74 Å². The minimum atomic E-state index is -0.141. The van der Waals surface area contributed by atoms with Crippen molar-refractivity contribution in [3.63, 3.8) is 0 Å². The lowest BCUT2D eigenvalue weighted by Crippen LogP contribution is -2.22. The normalized spacial score (nSPS) is 13.3. The molecule has 1 aliphatic rings. The number of pyridine rings is 1. The smallest absolute Gasteiger partial charge is 0.252 e. The molecule has 4 nitrogen and oxygen atoms in total. The Balaban J connectivity index is 1.54. The van der Waals surface area contributed by atoms with Crippen molar-refractivity contribution >= 4 is 5.91 Å². The van der Waals surface area contributed by atoms with E-state index in [2.05, 4.69) is 42.2 Å². The molecule has 0 unspecified atom stereocenters. The van der Waals surface area contributed by atoms with Crippen molar-refractivity contribution in [3.8, 4) is 5.75 Å². The predicted molar refractivity (Wildman–Crippen MR) is 105 cm³/mol. The molecule has 0 spiro atoms. The highest BCUT2D eigenvalue weighted by Gasteiger charge is 2.13. The Kier molecular flexibility index (Phi) is 4.88. The van der Waals surface area contributed by atoms with Crippen LogP contribution in [0.2, 0.25) is 0 Å². The fourth-order valence-electron chi connectivity index (χ4n) is 3.28. The van der Waals surface area contributed by atoms with Crippen LogP contribution < -0.4 is 10.2 Å². The molecule has 1 aliphatic heterocycles. The lowest BCUT2D eigenvalue weighted by Gasteiger charge is -2.08. The number of nitrogens with zero attached hydrogens (tertiary/aromatic N) is 2. The molecule has 0 fully saturated rings. The number of fused-ring (bicyclic) bond motifs is 1. The lowest BCUT2D eigenvalue weighted by molar-refractivity contribution is -0.117. The quantitative estimate of drug-likeness (QED) is 0.717. The van der Waals surface area contributed by atoms with E-state index >= 15 is 0 Å². The Morgan fingerprint density at radius 2 is 1.89 bits per heavy atom.